The summed E-state index contributed by atoms with van der Waals surface area (Å²) in [5, 5.41) is 32.7. The Kier molecular flexibility index (Phi) is 16.8. The molecule has 0 aliphatic carbocycles. The molecule has 9 heteroatoms. The van der Waals surface area contributed by atoms with E-state index in [0.717, 1.165) is 106 Å². The minimum absolute atomic E-state index is 0.678. The van der Waals surface area contributed by atoms with E-state index in [0.29, 0.717) is 11.9 Å². The lowest BCUT2D eigenvalue weighted by molar-refractivity contribution is 1.01. The Morgan fingerprint density at radius 2 is 0.419 bits per heavy atom. The molecule has 0 aliphatic heterocycles. The second kappa shape index (κ2) is 29.7. The van der Waals surface area contributed by atoms with Gasteiger partial charge in [-0.15, -0.1) is 0 Å². The second-order valence-corrected chi connectivity index (χ2v) is 33.4. The van der Waals surface area contributed by atoms with Crippen molar-refractivity contribution in [3.63, 3.8) is 0 Å². The number of benzene rings is 22. The van der Waals surface area contributed by atoms with Crippen LogP contribution in [-0.2, 0) is 0 Å². The molecule has 9 nitrogen and oxygen atoms in total. The number of fused-ring (bicyclic) bond motifs is 27. The lowest BCUT2D eigenvalue weighted by atomic mass is 9.99. The van der Waals surface area contributed by atoms with Gasteiger partial charge < -0.3 is 4.57 Å². The number of aromatic nitrogens is 9. The zero-order valence-corrected chi connectivity index (χ0v) is 69.7. The Bertz CT molecular complexity index is 9260. The first-order valence-corrected chi connectivity index (χ1v) is 43.9. The molecule has 598 valence electrons. The van der Waals surface area contributed by atoms with Crippen LogP contribution in [0.2, 0.25) is 0 Å². The van der Waals surface area contributed by atoms with E-state index in [1.54, 1.807) is 0 Å². The predicted octanol–water partition coefficient (Wildman–Crippen LogP) is 31.2. The van der Waals surface area contributed by atoms with Gasteiger partial charge in [0.25, 0.3) is 0 Å². The normalized spacial score (nSPS) is 11.9. The molecule has 22 aromatic carbocycles. The van der Waals surface area contributed by atoms with Crippen LogP contribution in [-0.4, -0.2) is 43.6 Å². The van der Waals surface area contributed by atoms with Crippen LogP contribution < -0.4 is 0 Å². The molecule has 6 aromatic heterocycles. The number of rotatable bonds is 7. The van der Waals surface area contributed by atoms with Gasteiger partial charge in [-0.05, 0) is 182 Å². The van der Waals surface area contributed by atoms with Gasteiger partial charge in [-0.25, -0.2) is 29.9 Å². The molecule has 0 atom stereocenters. The zero-order chi connectivity index (χ0) is 84.7. The average molecular weight is 1640 g/mol. The van der Waals surface area contributed by atoms with Gasteiger partial charge in [0.2, 0.25) is 11.9 Å². The summed E-state index contributed by atoms with van der Waals surface area (Å²) in [4.78, 5) is 31.4. The van der Waals surface area contributed by atoms with Gasteiger partial charge in [0, 0.05) is 76.4 Å². The molecular formula is C120H73N9. The van der Waals surface area contributed by atoms with Crippen LogP contribution in [0.4, 0.5) is 0 Å². The maximum Gasteiger partial charge on any atom is 0.235 e. The molecule has 0 bridgehead atoms. The summed E-state index contributed by atoms with van der Waals surface area (Å²) in [6.07, 6.45) is 0. The number of hydrogen-bond donors (Lipinski definition) is 0. The fourth-order valence-corrected chi connectivity index (χ4v) is 20.5. The predicted molar refractivity (Wildman–Crippen MR) is 541 cm³/mol. The molecule has 0 spiro atoms. The van der Waals surface area contributed by atoms with Crippen LogP contribution in [0, 0.1) is 0 Å². The lowest BCUT2D eigenvalue weighted by Crippen LogP contribution is -2.03. The van der Waals surface area contributed by atoms with Gasteiger partial charge >= 0.3 is 0 Å². The molecule has 6 heterocycles. The van der Waals surface area contributed by atoms with Crippen LogP contribution in [0.3, 0.4) is 0 Å². The third-order valence-electron chi connectivity index (χ3n) is 26.3. The molecule has 0 N–H and O–H groups in total. The Morgan fingerprint density at radius 1 is 0.155 bits per heavy atom. The molecule has 0 radical (unpaired) electrons. The summed E-state index contributed by atoms with van der Waals surface area (Å²) in [7, 11) is 0. The maximum absolute atomic E-state index is 5.38. The highest BCUT2D eigenvalue weighted by atomic mass is 15.2. The van der Waals surface area contributed by atoms with E-state index in [2.05, 4.69) is 450 Å². The van der Waals surface area contributed by atoms with E-state index in [1.807, 2.05) is 6.07 Å². The molecule has 0 unspecified atom stereocenters. The number of para-hydroxylation sites is 3. The van der Waals surface area contributed by atoms with Crippen LogP contribution in [0.25, 0.3) is 258 Å². The zero-order valence-electron chi connectivity index (χ0n) is 69.7. The second-order valence-electron chi connectivity index (χ2n) is 33.4. The summed E-state index contributed by atoms with van der Waals surface area (Å²) in [6, 6.07) is 157. The average Bonchev–Trinajstić information content (AvgIpc) is 1.59. The van der Waals surface area contributed by atoms with Gasteiger partial charge in [-0.1, -0.05) is 358 Å². The summed E-state index contributed by atoms with van der Waals surface area (Å²) < 4.78 is 6.90. The lowest BCUT2D eigenvalue weighted by Gasteiger charge is -2.13. The van der Waals surface area contributed by atoms with Crippen molar-refractivity contribution in [1.82, 2.24) is 43.6 Å². The number of nitrogens with zero attached hydrogens (tertiary/aromatic N) is 9. The van der Waals surface area contributed by atoms with Crippen LogP contribution >= 0.6 is 0 Å². The number of hydrogen-bond acceptors (Lipinski definition) is 6. The van der Waals surface area contributed by atoms with Crippen molar-refractivity contribution < 1.29 is 0 Å². The first-order chi connectivity index (χ1) is 64.0. The van der Waals surface area contributed by atoms with Crippen molar-refractivity contribution in [2.24, 2.45) is 0 Å². The van der Waals surface area contributed by atoms with Crippen molar-refractivity contribution in [1.29, 1.82) is 0 Å². The van der Waals surface area contributed by atoms with Gasteiger partial charge in [-0.2, -0.15) is 0 Å². The topological polar surface area (TPSA) is 92.1 Å². The van der Waals surface area contributed by atoms with Gasteiger partial charge in [0.1, 0.15) is 0 Å². The monoisotopic (exact) mass is 1640 g/mol. The molecule has 0 aliphatic rings. The van der Waals surface area contributed by atoms with Gasteiger partial charge in [0.05, 0.1) is 66.7 Å². The molecule has 0 saturated heterocycles. The first-order valence-electron chi connectivity index (χ1n) is 43.9. The van der Waals surface area contributed by atoms with Crippen molar-refractivity contribution in [3.8, 4) is 62.7 Å². The molecule has 0 fully saturated rings. The van der Waals surface area contributed by atoms with E-state index in [1.165, 1.54) is 140 Å². The molecule has 0 saturated carbocycles. The molecule has 0 amide bonds. The fourth-order valence-electron chi connectivity index (χ4n) is 20.5. The van der Waals surface area contributed by atoms with E-state index >= 15 is 0 Å². The van der Waals surface area contributed by atoms with E-state index in [4.69, 9.17) is 29.9 Å². The highest BCUT2D eigenvalue weighted by molar-refractivity contribution is 6.32. The van der Waals surface area contributed by atoms with Crippen molar-refractivity contribution in [2.45, 2.75) is 0 Å². The van der Waals surface area contributed by atoms with Crippen molar-refractivity contribution >= 4 is 195 Å². The Morgan fingerprint density at radius 3 is 0.798 bits per heavy atom. The summed E-state index contributed by atoms with van der Waals surface area (Å²) in [6.45, 7) is 0. The highest BCUT2D eigenvalue weighted by Gasteiger charge is 2.26. The van der Waals surface area contributed by atoms with Crippen LogP contribution in [0.1, 0.15) is 0 Å². The minimum atomic E-state index is 0.678. The SMILES string of the molecule is c1ccc2c(-c3nc(-c4ccc(-n5c6ccc7ccccc7c6c6c7ccccc7ccc65)cc4)nc4ccccc34)cccc2c1.c1ccc2c(-c3nc(-n4c5ccc6ccccc6c5c5c6ccccc6ccc54)nc4ccccc34)cccc2c1.c1ccc2cc(-c3nc(-n4c5ccc6ccccc6c5c5c6ccccc6ccc54)nc4ccccc34)ccc2c1. The Hall–Kier alpha value is -17.4. The van der Waals surface area contributed by atoms with E-state index < -0.39 is 0 Å². The Balaban J connectivity index is 0.000000102. The largest absolute Gasteiger partial charge is 0.309 e. The molecular weight excluding hydrogens is 1570 g/mol. The standard InChI is InChI=1S/C44H27N3.2C38H23N3/c1-4-14-33-28(10-1)13-9-18-36(33)43-37-17-7-8-19-38(37)45-44(46-43)31-20-24-32(25-21-31)47-39-26-22-29-11-2-5-15-34(29)41(39)42-35-16-6-3-12-30(35)23-27-40(42)47;1-4-14-27-24(10-1)13-9-18-30(27)37-31-17-7-8-19-32(31)39-38(40-37)41-33-22-20-25-11-2-5-15-28(25)35(33)36-29-16-6-3-12-26(29)21-23-34(36)41;1-2-12-27-23-28(18-17-24(27)9-1)37-31-15-7-8-16-32(31)39-38(40-37)41-33-21-19-25-10-3-5-13-29(25)35(33)36-30-14-6-4-11-26(30)20-22-34(36)41/h1-27H;2*1-23H. The van der Waals surface area contributed by atoms with Gasteiger partial charge in [-0.3, -0.25) is 9.13 Å². The van der Waals surface area contributed by atoms with Gasteiger partial charge in [0.15, 0.2) is 5.82 Å². The third-order valence-corrected chi connectivity index (χ3v) is 26.3. The van der Waals surface area contributed by atoms with Crippen molar-refractivity contribution in [2.75, 3.05) is 0 Å². The minimum Gasteiger partial charge on any atom is -0.309 e. The molecule has 28 rings (SSSR count). The Labute approximate surface area is 739 Å². The molecule has 28 aromatic rings. The molecule has 129 heavy (non-hydrogen) atoms. The van der Waals surface area contributed by atoms with Crippen LogP contribution in [0.5, 0.6) is 0 Å². The smallest absolute Gasteiger partial charge is 0.235 e. The third kappa shape index (κ3) is 11.9. The van der Waals surface area contributed by atoms with Crippen molar-refractivity contribution in [3.05, 3.63) is 443 Å². The fraction of sp³-hybridized carbons (Fsp3) is 0. The summed E-state index contributed by atoms with van der Waals surface area (Å²) in [5.74, 6) is 2.08. The maximum atomic E-state index is 5.38. The van der Waals surface area contributed by atoms with E-state index in [-0.39, 0.29) is 0 Å². The summed E-state index contributed by atoms with van der Waals surface area (Å²) >= 11 is 0. The van der Waals surface area contributed by atoms with E-state index in [9.17, 15) is 0 Å². The summed E-state index contributed by atoms with van der Waals surface area (Å²) in [5.41, 5.74) is 17.8. The quantitative estimate of drug-likeness (QED) is 0.158. The highest BCUT2D eigenvalue weighted by Crippen LogP contribution is 2.47. The van der Waals surface area contributed by atoms with Crippen LogP contribution in [0.15, 0.2) is 443 Å². The first kappa shape index (κ1) is 73.2.